The molecule has 0 spiro atoms. The van der Waals surface area contributed by atoms with Crippen LogP contribution in [0, 0.1) is 0 Å². The van der Waals surface area contributed by atoms with E-state index in [0.29, 0.717) is 6.42 Å². The highest BCUT2D eigenvalue weighted by Gasteiger charge is 1.99. The molecular weight excluding hydrogens is 294 g/mol. The van der Waals surface area contributed by atoms with Gasteiger partial charge < -0.3 is 5.32 Å². The molecule has 0 aromatic heterocycles. The summed E-state index contributed by atoms with van der Waals surface area (Å²) in [5.74, 6) is 0. The van der Waals surface area contributed by atoms with Crippen LogP contribution in [-0.2, 0) is 11.2 Å². The van der Waals surface area contributed by atoms with Crippen LogP contribution in [-0.4, -0.2) is 11.8 Å². The first-order chi connectivity index (χ1) is 10.7. The monoisotopic (exact) mass is 323 g/mol. The van der Waals surface area contributed by atoms with Gasteiger partial charge in [-0.05, 0) is 42.1 Å². The third kappa shape index (κ3) is 9.83. The average molecular weight is 324 g/mol. The van der Waals surface area contributed by atoms with Gasteiger partial charge in [-0.25, -0.2) is 0 Å². The van der Waals surface area contributed by atoms with Gasteiger partial charge in [0.1, 0.15) is 0 Å². The van der Waals surface area contributed by atoms with Crippen LogP contribution < -0.4 is 5.32 Å². The number of halogens is 1. The predicted octanol–water partition coefficient (Wildman–Crippen LogP) is 5.94. The number of carbonyl (C=O) groups is 1. The predicted molar refractivity (Wildman–Crippen MR) is 96.7 cm³/mol. The third-order valence-electron chi connectivity index (χ3n) is 3.92. The molecule has 0 heterocycles. The van der Waals surface area contributed by atoms with Crippen molar-refractivity contribution in [2.75, 3.05) is 11.9 Å². The number of hydrogen-bond acceptors (Lipinski definition) is 2. The van der Waals surface area contributed by atoms with E-state index in [9.17, 15) is 4.79 Å². The summed E-state index contributed by atoms with van der Waals surface area (Å²) in [6.07, 6.45) is 11.9. The van der Waals surface area contributed by atoms with E-state index in [-0.39, 0.29) is 5.24 Å². The molecule has 0 aliphatic rings. The molecule has 2 nitrogen and oxygen atoms in total. The Labute approximate surface area is 140 Å². The van der Waals surface area contributed by atoms with Crippen LogP contribution in [0.5, 0.6) is 0 Å². The lowest BCUT2D eigenvalue weighted by molar-refractivity contribution is -0.111. The largest absolute Gasteiger partial charge is 0.385 e. The van der Waals surface area contributed by atoms with E-state index in [1.807, 2.05) is 0 Å². The van der Waals surface area contributed by atoms with Crippen molar-refractivity contribution in [1.29, 1.82) is 0 Å². The van der Waals surface area contributed by atoms with Gasteiger partial charge in [0.05, 0.1) is 0 Å². The maximum atomic E-state index is 10.7. The van der Waals surface area contributed by atoms with Crippen LogP contribution in [0.2, 0.25) is 0 Å². The van der Waals surface area contributed by atoms with Crippen molar-refractivity contribution in [2.24, 2.45) is 0 Å². The third-order valence-corrected chi connectivity index (χ3v) is 4.11. The quantitative estimate of drug-likeness (QED) is 0.359. The van der Waals surface area contributed by atoms with Gasteiger partial charge in [0.2, 0.25) is 5.24 Å². The van der Waals surface area contributed by atoms with Crippen LogP contribution >= 0.6 is 11.6 Å². The molecule has 0 unspecified atom stereocenters. The average Bonchev–Trinajstić information content (AvgIpc) is 2.52. The second-order valence-electron chi connectivity index (χ2n) is 5.95. The van der Waals surface area contributed by atoms with Gasteiger partial charge in [0.25, 0.3) is 0 Å². The molecule has 1 aromatic carbocycles. The summed E-state index contributed by atoms with van der Waals surface area (Å²) in [5, 5.41) is 3.19. The van der Waals surface area contributed by atoms with Crippen molar-refractivity contribution in [3.8, 4) is 0 Å². The summed E-state index contributed by atoms with van der Waals surface area (Å²) < 4.78 is 0. The molecule has 0 amide bonds. The summed E-state index contributed by atoms with van der Waals surface area (Å²) in [5.41, 5.74) is 2.32. The second kappa shape index (κ2) is 12.5. The van der Waals surface area contributed by atoms with Gasteiger partial charge in [-0.3, -0.25) is 4.79 Å². The van der Waals surface area contributed by atoms with E-state index < -0.39 is 0 Å². The minimum Gasteiger partial charge on any atom is -0.385 e. The number of unbranched alkanes of at least 4 members (excludes halogenated alkanes) is 7. The van der Waals surface area contributed by atoms with Gasteiger partial charge in [-0.2, -0.15) is 0 Å². The van der Waals surface area contributed by atoms with Gasteiger partial charge in [0, 0.05) is 18.7 Å². The number of anilines is 1. The summed E-state index contributed by atoms with van der Waals surface area (Å²) in [4.78, 5) is 10.7. The normalized spacial score (nSPS) is 10.6. The fourth-order valence-corrected chi connectivity index (χ4v) is 2.62. The molecule has 22 heavy (non-hydrogen) atoms. The number of carbonyl (C=O) groups excluding carboxylic acids is 1. The summed E-state index contributed by atoms with van der Waals surface area (Å²) >= 11 is 5.35. The van der Waals surface area contributed by atoms with E-state index in [4.69, 9.17) is 11.6 Å². The highest BCUT2D eigenvalue weighted by molar-refractivity contribution is 6.63. The standard InChI is InChI=1S/C19H30ClNO/c1-2-3-4-5-6-7-8-9-16-21-18-13-10-17(11-14-18)12-15-19(20)22/h10-11,13-14,21H,2-9,12,15-16H2,1H3. The van der Waals surface area contributed by atoms with Crippen molar-refractivity contribution >= 4 is 22.5 Å². The Morgan fingerprint density at radius 3 is 2.14 bits per heavy atom. The molecule has 0 atom stereocenters. The lowest BCUT2D eigenvalue weighted by Gasteiger charge is -2.07. The SMILES string of the molecule is CCCCCCCCCCNc1ccc(CCC(=O)Cl)cc1. The molecular formula is C19H30ClNO. The van der Waals surface area contributed by atoms with Crippen LogP contribution in [0.25, 0.3) is 0 Å². The number of benzene rings is 1. The fraction of sp³-hybridized carbons (Fsp3) is 0.632. The number of rotatable bonds is 13. The summed E-state index contributed by atoms with van der Waals surface area (Å²) in [7, 11) is 0. The first-order valence-corrected chi connectivity index (χ1v) is 9.11. The lowest BCUT2D eigenvalue weighted by atomic mass is 10.1. The Hall–Kier alpha value is -1.02. The van der Waals surface area contributed by atoms with E-state index in [2.05, 4.69) is 36.5 Å². The van der Waals surface area contributed by atoms with Crippen molar-refractivity contribution in [3.05, 3.63) is 29.8 Å². The Bertz CT molecular complexity index is 402. The Morgan fingerprint density at radius 2 is 1.55 bits per heavy atom. The fourth-order valence-electron chi connectivity index (χ4n) is 2.52. The molecule has 1 aromatic rings. The molecule has 124 valence electrons. The van der Waals surface area contributed by atoms with Gasteiger partial charge >= 0.3 is 0 Å². The molecule has 0 radical (unpaired) electrons. The molecule has 0 bridgehead atoms. The van der Waals surface area contributed by atoms with Crippen molar-refractivity contribution in [2.45, 2.75) is 71.1 Å². The van der Waals surface area contributed by atoms with Crippen LogP contribution in [0.3, 0.4) is 0 Å². The Balaban J connectivity index is 2.04. The topological polar surface area (TPSA) is 29.1 Å². The molecule has 0 aliphatic carbocycles. The minimum atomic E-state index is -0.267. The zero-order chi connectivity index (χ0) is 16.0. The zero-order valence-corrected chi connectivity index (χ0v) is 14.6. The lowest BCUT2D eigenvalue weighted by Crippen LogP contribution is -2.01. The highest BCUT2D eigenvalue weighted by atomic mass is 35.5. The van der Waals surface area contributed by atoms with Crippen LogP contribution in [0.4, 0.5) is 5.69 Å². The zero-order valence-electron chi connectivity index (χ0n) is 13.9. The molecule has 0 saturated heterocycles. The van der Waals surface area contributed by atoms with Crippen molar-refractivity contribution in [1.82, 2.24) is 0 Å². The van der Waals surface area contributed by atoms with Crippen molar-refractivity contribution < 1.29 is 4.79 Å². The summed E-state index contributed by atoms with van der Waals surface area (Å²) in [6.45, 7) is 3.30. The van der Waals surface area contributed by atoms with E-state index in [0.717, 1.165) is 24.2 Å². The van der Waals surface area contributed by atoms with Gasteiger partial charge in [0.15, 0.2) is 0 Å². The maximum Gasteiger partial charge on any atom is 0.221 e. The van der Waals surface area contributed by atoms with Gasteiger partial charge in [-0.15, -0.1) is 0 Å². The molecule has 0 aliphatic heterocycles. The first-order valence-electron chi connectivity index (χ1n) is 8.73. The van der Waals surface area contributed by atoms with Crippen molar-refractivity contribution in [3.63, 3.8) is 0 Å². The number of aryl methyl sites for hydroxylation is 1. The maximum absolute atomic E-state index is 10.7. The van der Waals surface area contributed by atoms with E-state index >= 15 is 0 Å². The molecule has 1 N–H and O–H groups in total. The second-order valence-corrected chi connectivity index (χ2v) is 6.38. The van der Waals surface area contributed by atoms with Crippen LogP contribution in [0.15, 0.2) is 24.3 Å². The van der Waals surface area contributed by atoms with E-state index in [1.54, 1.807) is 0 Å². The summed E-state index contributed by atoms with van der Waals surface area (Å²) in [6, 6.07) is 8.30. The first kappa shape index (κ1) is 19.0. The number of hydrogen-bond donors (Lipinski definition) is 1. The smallest absolute Gasteiger partial charge is 0.221 e. The molecule has 0 fully saturated rings. The van der Waals surface area contributed by atoms with Crippen LogP contribution in [0.1, 0.15) is 70.3 Å². The van der Waals surface area contributed by atoms with Gasteiger partial charge in [-0.1, -0.05) is 64.0 Å². The Morgan fingerprint density at radius 1 is 0.955 bits per heavy atom. The highest BCUT2D eigenvalue weighted by Crippen LogP contribution is 2.13. The number of nitrogens with one attached hydrogen (secondary N) is 1. The Kier molecular flexibility index (Phi) is 10.8. The minimum absolute atomic E-state index is 0.267. The molecule has 0 saturated carbocycles. The molecule has 3 heteroatoms. The van der Waals surface area contributed by atoms with E-state index in [1.165, 1.54) is 51.4 Å². The molecule has 1 rings (SSSR count).